The average molecular weight is 398 g/mol. The SMILES string of the molecule is O=C(OCc1cccc(Oc2ccccc2)c1)C1(c2ccc(F)cc2)CC1(F)F. The molecule has 148 valence electrons. The van der Waals surface area contributed by atoms with Gasteiger partial charge in [0.05, 0.1) is 0 Å². The number of ether oxygens (including phenoxy) is 2. The minimum atomic E-state index is -3.22. The van der Waals surface area contributed by atoms with Gasteiger partial charge in [0.15, 0.2) is 5.41 Å². The van der Waals surface area contributed by atoms with Crippen LogP contribution in [0.25, 0.3) is 0 Å². The molecule has 29 heavy (non-hydrogen) atoms. The number of rotatable bonds is 6. The van der Waals surface area contributed by atoms with Gasteiger partial charge in [0, 0.05) is 6.42 Å². The second kappa shape index (κ2) is 7.28. The van der Waals surface area contributed by atoms with E-state index in [0.29, 0.717) is 17.1 Å². The molecule has 0 radical (unpaired) electrons. The first-order valence-corrected chi connectivity index (χ1v) is 9.04. The van der Waals surface area contributed by atoms with E-state index in [0.717, 1.165) is 12.1 Å². The van der Waals surface area contributed by atoms with Crippen LogP contribution in [0, 0.1) is 5.82 Å². The van der Waals surface area contributed by atoms with Crippen molar-refractivity contribution in [3.05, 3.63) is 95.8 Å². The highest BCUT2D eigenvalue weighted by Crippen LogP contribution is 2.62. The van der Waals surface area contributed by atoms with Gasteiger partial charge in [-0.2, -0.15) is 0 Å². The molecule has 3 nitrogen and oxygen atoms in total. The zero-order chi connectivity index (χ0) is 20.5. The van der Waals surface area contributed by atoms with Crippen molar-refractivity contribution in [2.24, 2.45) is 0 Å². The zero-order valence-corrected chi connectivity index (χ0v) is 15.3. The lowest BCUT2D eigenvalue weighted by Gasteiger charge is -2.16. The molecule has 0 heterocycles. The smallest absolute Gasteiger partial charge is 0.323 e. The molecule has 1 saturated carbocycles. The van der Waals surface area contributed by atoms with E-state index in [9.17, 15) is 18.0 Å². The molecule has 1 aliphatic carbocycles. The quantitative estimate of drug-likeness (QED) is 0.504. The van der Waals surface area contributed by atoms with Crippen LogP contribution in [-0.4, -0.2) is 11.9 Å². The van der Waals surface area contributed by atoms with Crippen molar-refractivity contribution in [2.45, 2.75) is 24.4 Å². The van der Waals surface area contributed by atoms with Gasteiger partial charge >= 0.3 is 5.97 Å². The summed E-state index contributed by atoms with van der Waals surface area (Å²) in [5.74, 6) is -3.62. The van der Waals surface area contributed by atoms with E-state index >= 15 is 0 Å². The molecule has 6 heteroatoms. The number of carbonyl (C=O) groups excluding carboxylic acids is 1. The number of hydrogen-bond donors (Lipinski definition) is 0. The number of esters is 1. The first kappa shape index (κ1) is 19.1. The van der Waals surface area contributed by atoms with Crippen molar-refractivity contribution in [1.82, 2.24) is 0 Å². The molecule has 1 unspecified atom stereocenters. The standard InChI is InChI=1S/C23H17F3O3/c24-18-11-9-17(10-12-18)22(15-23(22,25)26)21(27)28-14-16-5-4-8-20(13-16)29-19-6-2-1-3-7-19/h1-13H,14-15H2. The number of alkyl halides is 2. The number of para-hydroxylation sites is 1. The molecule has 4 rings (SSSR count). The van der Waals surface area contributed by atoms with Gasteiger partial charge in [-0.3, -0.25) is 4.79 Å². The lowest BCUT2D eigenvalue weighted by atomic mass is 9.95. The molecule has 0 N–H and O–H groups in total. The maximum Gasteiger partial charge on any atom is 0.323 e. The van der Waals surface area contributed by atoms with Crippen LogP contribution >= 0.6 is 0 Å². The minimum Gasteiger partial charge on any atom is -0.460 e. The van der Waals surface area contributed by atoms with Crippen LogP contribution in [0.4, 0.5) is 13.2 Å². The third kappa shape index (κ3) is 3.70. The molecule has 1 atom stereocenters. The Kier molecular flexibility index (Phi) is 4.78. The van der Waals surface area contributed by atoms with E-state index in [2.05, 4.69) is 0 Å². The Morgan fingerprint density at radius 1 is 0.897 bits per heavy atom. The van der Waals surface area contributed by atoms with Gasteiger partial charge in [-0.25, -0.2) is 13.2 Å². The van der Waals surface area contributed by atoms with Crippen molar-refractivity contribution in [1.29, 1.82) is 0 Å². The molecule has 1 aliphatic rings. The molecule has 3 aromatic carbocycles. The molecule has 0 aliphatic heterocycles. The molecule has 3 aromatic rings. The maximum atomic E-state index is 14.1. The van der Waals surface area contributed by atoms with Gasteiger partial charge in [-0.05, 0) is 47.5 Å². The van der Waals surface area contributed by atoms with E-state index in [1.165, 1.54) is 12.1 Å². The van der Waals surface area contributed by atoms with Crippen LogP contribution in [0.15, 0.2) is 78.9 Å². The number of hydrogen-bond acceptors (Lipinski definition) is 3. The summed E-state index contributed by atoms with van der Waals surface area (Å²) < 4.78 is 52.3. The summed E-state index contributed by atoms with van der Waals surface area (Å²) in [4.78, 5) is 12.6. The van der Waals surface area contributed by atoms with Gasteiger partial charge in [-0.15, -0.1) is 0 Å². The predicted molar refractivity (Wildman–Crippen MR) is 100 cm³/mol. The maximum absolute atomic E-state index is 14.1. The van der Waals surface area contributed by atoms with Gasteiger partial charge in [0.25, 0.3) is 5.92 Å². The van der Waals surface area contributed by atoms with E-state index in [-0.39, 0.29) is 12.2 Å². The second-order valence-corrected chi connectivity index (χ2v) is 6.93. The number of carbonyl (C=O) groups is 1. The monoisotopic (exact) mass is 398 g/mol. The number of halogens is 3. The molecular formula is C23H17F3O3. The van der Waals surface area contributed by atoms with Gasteiger partial charge in [0.2, 0.25) is 0 Å². The Labute approximate surface area is 165 Å². The fraction of sp³-hybridized carbons (Fsp3) is 0.174. The van der Waals surface area contributed by atoms with E-state index < -0.39 is 29.5 Å². The van der Waals surface area contributed by atoms with Crippen molar-refractivity contribution < 1.29 is 27.4 Å². The van der Waals surface area contributed by atoms with Gasteiger partial charge < -0.3 is 9.47 Å². The van der Waals surface area contributed by atoms with Crippen molar-refractivity contribution >= 4 is 5.97 Å². The van der Waals surface area contributed by atoms with Crippen LogP contribution in [0.1, 0.15) is 17.5 Å². The van der Waals surface area contributed by atoms with Crippen LogP contribution in [0.2, 0.25) is 0 Å². The van der Waals surface area contributed by atoms with Crippen molar-refractivity contribution in [3.8, 4) is 11.5 Å². The Balaban J connectivity index is 1.46. The predicted octanol–water partition coefficient (Wildman–Crippen LogP) is 5.64. The Hall–Kier alpha value is -3.28. The van der Waals surface area contributed by atoms with Crippen molar-refractivity contribution in [3.63, 3.8) is 0 Å². The third-order valence-corrected chi connectivity index (χ3v) is 4.92. The molecular weight excluding hydrogens is 381 g/mol. The van der Waals surface area contributed by atoms with Crippen molar-refractivity contribution in [2.75, 3.05) is 0 Å². The zero-order valence-electron chi connectivity index (χ0n) is 15.3. The third-order valence-electron chi connectivity index (χ3n) is 4.92. The number of benzene rings is 3. The molecule has 1 fully saturated rings. The summed E-state index contributed by atoms with van der Waals surface area (Å²) in [5.41, 5.74) is -1.40. The summed E-state index contributed by atoms with van der Waals surface area (Å²) in [7, 11) is 0. The van der Waals surface area contributed by atoms with Crippen LogP contribution in [0.5, 0.6) is 11.5 Å². The second-order valence-electron chi connectivity index (χ2n) is 6.93. The fourth-order valence-corrected chi connectivity index (χ4v) is 3.27. The molecule has 0 spiro atoms. The van der Waals surface area contributed by atoms with Crippen LogP contribution in [-0.2, 0) is 21.6 Å². The summed E-state index contributed by atoms with van der Waals surface area (Å²) in [5, 5.41) is 0. The summed E-state index contributed by atoms with van der Waals surface area (Å²) in [6.07, 6.45) is -0.651. The van der Waals surface area contributed by atoms with Crippen LogP contribution < -0.4 is 4.74 Å². The molecule has 0 amide bonds. The first-order valence-electron chi connectivity index (χ1n) is 9.04. The minimum absolute atomic E-state index is 0.0510. The highest BCUT2D eigenvalue weighted by Gasteiger charge is 2.77. The topological polar surface area (TPSA) is 35.5 Å². The van der Waals surface area contributed by atoms with Crippen LogP contribution in [0.3, 0.4) is 0 Å². The van der Waals surface area contributed by atoms with E-state index in [1.807, 2.05) is 18.2 Å². The van der Waals surface area contributed by atoms with E-state index in [4.69, 9.17) is 9.47 Å². The van der Waals surface area contributed by atoms with E-state index in [1.54, 1.807) is 36.4 Å². The Morgan fingerprint density at radius 2 is 1.55 bits per heavy atom. The largest absolute Gasteiger partial charge is 0.460 e. The average Bonchev–Trinajstić information content (AvgIpc) is 3.31. The lowest BCUT2D eigenvalue weighted by molar-refractivity contribution is -0.151. The Morgan fingerprint density at radius 3 is 2.21 bits per heavy atom. The van der Waals surface area contributed by atoms with Gasteiger partial charge in [-0.1, -0.05) is 42.5 Å². The van der Waals surface area contributed by atoms with Gasteiger partial charge in [0.1, 0.15) is 23.9 Å². The Bertz CT molecular complexity index is 1020. The summed E-state index contributed by atoms with van der Waals surface area (Å²) in [6.45, 7) is -0.177. The lowest BCUT2D eigenvalue weighted by Crippen LogP contribution is -2.29. The molecule has 0 aromatic heterocycles. The highest BCUT2D eigenvalue weighted by molar-refractivity contribution is 5.89. The summed E-state index contributed by atoms with van der Waals surface area (Å²) >= 11 is 0. The normalized spacial score (nSPS) is 19.4. The summed E-state index contributed by atoms with van der Waals surface area (Å²) in [6, 6.07) is 20.5. The fourth-order valence-electron chi connectivity index (χ4n) is 3.27. The molecule has 0 bridgehead atoms. The highest BCUT2D eigenvalue weighted by atomic mass is 19.3. The molecule has 0 saturated heterocycles. The first-order chi connectivity index (χ1) is 13.9.